The standard InChI is InChI=1S/C15H21ClN2O2/c1-10(2)15(20)18(11(3)14(19)17-4)9-12-5-7-13(16)8-6-12/h5-8,10-11H,9H2,1-4H3,(H,17,19)/t11-/m0/s1. The van der Waals surface area contributed by atoms with Gasteiger partial charge >= 0.3 is 0 Å². The molecule has 0 saturated carbocycles. The van der Waals surface area contributed by atoms with Crippen LogP contribution in [-0.2, 0) is 16.1 Å². The van der Waals surface area contributed by atoms with Crippen molar-refractivity contribution in [2.45, 2.75) is 33.4 Å². The van der Waals surface area contributed by atoms with Crippen molar-refractivity contribution < 1.29 is 9.59 Å². The molecule has 1 atom stereocenters. The molecular weight excluding hydrogens is 276 g/mol. The number of rotatable bonds is 5. The predicted molar refractivity (Wildman–Crippen MR) is 80.4 cm³/mol. The van der Waals surface area contributed by atoms with Crippen LogP contribution in [0.4, 0.5) is 0 Å². The number of hydrogen-bond donors (Lipinski definition) is 1. The van der Waals surface area contributed by atoms with Crippen molar-refractivity contribution in [1.29, 1.82) is 0 Å². The first-order valence-electron chi connectivity index (χ1n) is 6.63. The van der Waals surface area contributed by atoms with Gasteiger partial charge in [-0.25, -0.2) is 0 Å². The topological polar surface area (TPSA) is 49.4 Å². The van der Waals surface area contributed by atoms with Crippen molar-refractivity contribution >= 4 is 23.4 Å². The smallest absolute Gasteiger partial charge is 0.242 e. The molecule has 0 bridgehead atoms. The Morgan fingerprint density at radius 2 is 1.75 bits per heavy atom. The molecular formula is C15H21ClN2O2. The third-order valence-electron chi connectivity index (χ3n) is 3.14. The fraction of sp³-hybridized carbons (Fsp3) is 0.467. The molecule has 0 radical (unpaired) electrons. The number of nitrogens with zero attached hydrogens (tertiary/aromatic N) is 1. The first-order chi connectivity index (χ1) is 9.36. The Bertz CT molecular complexity index is 471. The number of halogens is 1. The summed E-state index contributed by atoms with van der Waals surface area (Å²) in [5, 5.41) is 3.23. The lowest BCUT2D eigenvalue weighted by molar-refractivity contribution is -0.142. The number of nitrogens with one attached hydrogen (secondary N) is 1. The van der Waals surface area contributed by atoms with Crippen LogP contribution in [0.3, 0.4) is 0 Å². The Morgan fingerprint density at radius 1 is 1.20 bits per heavy atom. The van der Waals surface area contributed by atoms with Crippen molar-refractivity contribution in [3.8, 4) is 0 Å². The minimum Gasteiger partial charge on any atom is -0.357 e. The molecule has 1 aromatic rings. The summed E-state index contributed by atoms with van der Waals surface area (Å²) in [5.41, 5.74) is 0.944. The monoisotopic (exact) mass is 296 g/mol. The third kappa shape index (κ3) is 4.23. The average molecular weight is 297 g/mol. The quantitative estimate of drug-likeness (QED) is 0.907. The minimum atomic E-state index is -0.509. The van der Waals surface area contributed by atoms with Crippen LogP contribution in [0.1, 0.15) is 26.3 Å². The van der Waals surface area contributed by atoms with E-state index < -0.39 is 6.04 Å². The minimum absolute atomic E-state index is 0.0453. The van der Waals surface area contributed by atoms with Gasteiger partial charge in [-0.05, 0) is 24.6 Å². The van der Waals surface area contributed by atoms with Crippen molar-refractivity contribution in [3.05, 3.63) is 34.9 Å². The van der Waals surface area contributed by atoms with E-state index in [1.165, 1.54) is 0 Å². The molecule has 0 aliphatic rings. The van der Waals surface area contributed by atoms with Crippen molar-refractivity contribution in [2.75, 3.05) is 7.05 Å². The maximum absolute atomic E-state index is 12.3. The number of benzene rings is 1. The zero-order valence-electron chi connectivity index (χ0n) is 12.3. The molecule has 0 aromatic heterocycles. The molecule has 1 N–H and O–H groups in total. The van der Waals surface area contributed by atoms with E-state index in [1.54, 1.807) is 31.0 Å². The van der Waals surface area contributed by atoms with E-state index in [0.29, 0.717) is 11.6 Å². The third-order valence-corrected chi connectivity index (χ3v) is 3.39. The number of hydrogen-bond acceptors (Lipinski definition) is 2. The molecule has 110 valence electrons. The summed E-state index contributed by atoms with van der Waals surface area (Å²) in [5.74, 6) is -0.376. The fourth-order valence-electron chi connectivity index (χ4n) is 1.87. The SMILES string of the molecule is CNC(=O)[C@H](C)N(Cc1ccc(Cl)cc1)C(=O)C(C)C. The number of likely N-dealkylation sites (N-methyl/N-ethyl adjacent to an activating group) is 1. The van der Waals surface area contributed by atoms with E-state index in [-0.39, 0.29) is 17.7 Å². The van der Waals surface area contributed by atoms with Gasteiger partial charge in [-0.2, -0.15) is 0 Å². The summed E-state index contributed by atoms with van der Waals surface area (Å²) in [6.45, 7) is 5.78. The Morgan fingerprint density at radius 3 is 2.20 bits per heavy atom. The molecule has 1 rings (SSSR count). The van der Waals surface area contributed by atoms with Gasteiger partial charge in [0.15, 0.2) is 0 Å². The second-order valence-corrected chi connectivity index (χ2v) is 5.47. The normalized spacial score (nSPS) is 12.1. The molecule has 0 spiro atoms. The summed E-state index contributed by atoms with van der Waals surface area (Å²) < 4.78 is 0. The zero-order chi connectivity index (χ0) is 15.3. The van der Waals surface area contributed by atoms with Gasteiger partial charge < -0.3 is 10.2 Å². The highest BCUT2D eigenvalue weighted by Crippen LogP contribution is 2.15. The first-order valence-corrected chi connectivity index (χ1v) is 7.01. The molecule has 0 saturated heterocycles. The maximum Gasteiger partial charge on any atom is 0.242 e. The molecule has 4 nitrogen and oxygen atoms in total. The summed E-state index contributed by atoms with van der Waals surface area (Å²) in [6, 6.07) is 6.77. The average Bonchev–Trinajstić information content (AvgIpc) is 2.44. The second kappa shape index (κ2) is 7.29. The van der Waals surface area contributed by atoms with Crippen molar-refractivity contribution in [2.24, 2.45) is 5.92 Å². The van der Waals surface area contributed by atoms with Gasteiger partial charge in [0, 0.05) is 24.5 Å². The summed E-state index contributed by atoms with van der Waals surface area (Å²) in [7, 11) is 1.57. The lowest BCUT2D eigenvalue weighted by Crippen LogP contribution is -2.48. The van der Waals surface area contributed by atoms with Crippen LogP contribution in [-0.4, -0.2) is 29.8 Å². The van der Waals surface area contributed by atoms with Gasteiger partial charge in [-0.3, -0.25) is 9.59 Å². The van der Waals surface area contributed by atoms with Crippen LogP contribution in [0.5, 0.6) is 0 Å². The molecule has 0 heterocycles. The summed E-state index contributed by atoms with van der Waals surface area (Å²) in [4.78, 5) is 25.7. The molecule has 0 unspecified atom stereocenters. The Labute approximate surface area is 125 Å². The van der Waals surface area contributed by atoms with Crippen LogP contribution < -0.4 is 5.32 Å². The van der Waals surface area contributed by atoms with Crippen LogP contribution in [0.15, 0.2) is 24.3 Å². The fourth-order valence-corrected chi connectivity index (χ4v) is 2.00. The van der Waals surface area contributed by atoms with Gasteiger partial charge in [-0.15, -0.1) is 0 Å². The van der Waals surface area contributed by atoms with E-state index in [9.17, 15) is 9.59 Å². The number of carbonyl (C=O) groups excluding carboxylic acids is 2. The van der Waals surface area contributed by atoms with Crippen LogP contribution >= 0.6 is 11.6 Å². The molecule has 0 fully saturated rings. The number of amides is 2. The molecule has 1 aromatic carbocycles. The predicted octanol–water partition coefficient (Wildman–Crippen LogP) is 2.46. The molecule has 0 aliphatic heterocycles. The second-order valence-electron chi connectivity index (χ2n) is 5.04. The highest BCUT2D eigenvalue weighted by Gasteiger charge is 2.26. The van der Waals surface area contributed by atoms with Gasteiger partial charge in [0.25, 0.3) is 0 Å². The van der Waals surface area contributed by atoms with Crippen LogP contribution in [0, 0.1) is 5.92 Å². The van der Waals surface area contributed by atoms with E-state index in [4.69, 9.17) is 11.6 Å². The maximum atomic E-state index is 12.3. The summed E-state index contributed by atoms with van der Waals surface area (Å²) >= 11 is 5.85. The Kier molecular flexibility index (Phi) is 6.02. The Balaban J connectivity index is 2.96. The Hall–Kier alpha value is -1.55. The van der Waals surface area contributed by atoms with Gasteiger partial charge in [0.1, 0.15) is 6.04 Å². The lowest BCUT2D eigenvalue weighted by Gasteiger charge is -2.29. The highest BCUT2D eigenvalue weighted by atomic mass is 35.5. The highest BCUT2D eigenvalue weighted by molar-refractivity contribution is 6.30. The van der Waals surface area contributed by atoms with E-state index in [2.05, 4.69) is 5.32 Å². The zero-order valence-corrected chi connectivity index (χ0v) is 13.1. The van der Waals surface area contributed by atoms with Gasteiger partial charge in [-0.1, -0.05) is 37.6 Å². The van der Waals surface area contributed by atoms with Crippen LogP contribution in [0.25, 0.3) is 0 Å². The van der Waals surface area contributed by atoms with Crippen LogP contribution in [0.2, 0.25) is 5.02 Å². The molecule has 5 heteroatoms. The molecule has 20 heavy (non-hydrogen) atoms. The van der Waals surface area contributed by atoms with Crippen molar-refractivity contribution in [1.82, 2.24) is 10.2 Å². The van der Waals surface area contributed by atoms with E-state index in [1.807, 2.05) is 26.0 Å². The van der Waals surface area contributed by atoms with E-state index >= 15 is 0 Å². The lowest BCUT2D eigenvalue weighted by atomic mass is 10.1. The van der Waals surface area contributed by atoms with Gasteiger partial charge in [0.2, 0.25) is 11.8 Å². The summed E-state index contributed by atoms with van der Waals surface area (Å²) in [6.07, 6.45) is 0. The van der Waals surface area contributed by atoms with E-state index in [0.717, 1.165) is 5.56 Å². The number of carbonyl (C=O) groups is 2. The van der Waals surface area contributed by atoms with Crippen molar-refractivity contribution in [3.63, 3.8) is 0 Å². The first kappa shape index (κ1) is 16.5. The largest absolute Gasteiger partial charge is 0.357 e. The molecule has 2 amide bonds. The van der Waals surface area contributed by atoms with Gasteiger partial charge in [0.05, 0.1) is 0 Å². The molecule has 0 aliphatic carbocycles.